The van der Waals surface area contributed by atoms with Crippen molar-refractivity contribution in [2.24, 2.45) is 5.41 Å². The summed E-state index contributed by atoms with van der Waals surface area (Å²) in [6.45, 7) is 0. The summed E-state index contributed by atoms with van der Waals surface area (Å²) in [7, 11) is 0. The van der Waals surface area contributed by atoms with E-state index in [1.165, 1.54) is 0 Å². The van der Waals surface area contributed by atoms with E-state index in [9.17, 15) is 9.90 Å². The molecule has 0 saturated heterocycles. The van der Waals surface area contributed by atoms with Gasteiger partial charge in [0, 0.05) is 5.41 Å². The molecule has 0 aliphatic heterocycles. The first-order chi connectivity index (χ1) is 4.57. The van der Waals surface area contributed by atoms with Crippen LogP contribution in [0.2, 0.25) is 0 Å². The quantitative estimate of drug-likeness (QED) is 0.754. The number of hydrogen-bond acceptors (Lipinski definition) is 2. The Kier molecular flexibility index (Phi) is 2.20. The van der Waals surface area contributed by atoms with Gasteiger partial charge in [0.15, 0.2) is 0 Å². The molecule has 1 saturated carbocycles. The van der Waals surface area contributed by atoms with Gasteiger partial charge in [-0.25, -0.2) is 0 Å². The average molecular weight is 269 g/mol. The Morgan fingerprint density at radius 2 is 2.00 bits per heavy atom. The van der Waals surface area contributed by atoms with E-state index in [2.05, 4.69) is 31.9 Å². The molecule has 10 heavy (non-hydrogen) atoms. The molecule has 0 aromatic heterocycles. The van der Waals surface area contributed by atoms with Crippen LogP contribution in [0.3, 0.4) is 0 Å². The molecule has 0 unspecified atom stereocenters. The van der Waals surface area contributed by atoms with E-state index in [1.54, 1.807) is 6.08 Å². The molecular weight excluding hydrogens is 264 g/mol. The largest absolute Gasteiger partial charge is 0.549 e. The fourth-order valence-electron chi connectivity index (χ4n) is 0.751. The van der Waals surface area contributed by atoms with Crippen molar-refractivity contribution in [2.75, 3.05) is 0 Å². The molecule has 0 amide bonds. The van der Waals surface area contributed by atoms with Gasteiger partial charge < -0.3 is 9.90 Å². The molecular formula is C6H5Br2O2-. The zero-order valence-electron chi connectivity index (χ0n) is 5.06. The lowest BCUT2D eigenvalue weighted by Crippen LogP contribution is -2.31. The molecule has 0 spiro atoms. The number of carbonyl (C=O) groups is 1. The van der Waals surface area contributed by atoms with Gasteiger partial charge in [-0.3, -0.25) is 0 Å². The number of hydrogen-bond donors (Lipinski definition) is 0. The molecule has 0 radical (unpaired) electrons. The highest BCUT2D eigenvalue weighted by molar-refractivity contribution is 9.28. The van der Waals surface area contributed by atoms with Gasteiger partial charge in [0.05, 0.1) is 9.36 Å². The number of carbonyl (C=O) groups excluding carboxylic acids is 1. The van der Waals surface area contributed by atoms with Crippen molar-refractivity contribution >= 4 is 37.8 Å². The summed E-state index contributed by atoms with van der Waals surface area (Å²) >= 11 is 6.21. The number of halogens is 2. The minimum absolute atomic E-state index is 0.678. The molecule has 0 N–H and O–H groups in total. The Morgan fingerprint density at radius 3 is 2.10 bits per heavy atom. The van der Waals surface area contributed by atoms with Gasteiger partial charge in [-0.05, 0) is 44.7 Å². The first kappa shape index (κ1) is 8.27. The molecule has 0 bridgehead atoms. The summed E-state index contributed by atoms with van der Waals surface area (Å²) < 4.78 is 0.682. The predicted octanol–water partition coefficient (Wildman–Crippen LogP) is 1.15. The molecule has 0 atom stereocenters. The van der Waals surface area contributed by atoms with Gasteiger partial charge in [-0.1, -0.05) is 6.08 Å². The summed E-state index contributed by atoms with van der Waals surface area (Å²) in [6, 6.07) is 0. The highest BCUT2D eigenvalue weighted by Crippen LogP contribution is 2.48. The van der Waals surface area contributed by atoms with E-state index in [0.717, 1.165) is 0 Å². The first-order valence-corrected chi connectivity index (χ1v) is 4.41. The maximum Gasteiger partial charge on any atom is 0.0573 e. The molecule has 0 heterocycles. The fraction of sp³-hybridized carbons (Fsp3) is 0.500. The van der Waals surface area contributed by atoms with Crippen LogP contribution in [0.5, 0.6) is 0 Å². The molecule has 0 aromatic carbocycles. The molecule has 56 valence electrons. The molecule has 1 rings (SSSR count). The normalized spacial score (nSPS) is 19.8. The van der Waals surface area contributed by atoms with Crippen LogP contribution in [0.25, 0.3) is 0 Å². The maximum absolute atomic E-state index is 10.4. The Labute approximate surface area is 75.6 Å². The van der Waals surface area contributed by atoms with Crippen molar-refractivity contribution in [2.45, 2.75) is 12.8 Å². The Morgan fingerprint density at radius 1 is 1.50 bits per heavy atom. The summed E-state index contributed by atoms with van der Waals surface area (Å²) in [5.41, 5.74) is -0.678. The SMILES string of the molecule is O=C([O-])C1(C=C(Br)Br)CC1. The monoisotopic (exact) mass is 267 g/mol. The van der Waals surface area contributed by atoms with Gasteiger partial charge in [0.25, 0.3) is 0 Å². The van der Waals surface area contributed by atoms with Crippen molar-refractivity contribution in [1.29, 1.82) is 0 Å². The van der Waals surface area contributed by atoms with E-state index in [-0.39, 0.29) is 0 Å². The van der Waals surface area contributed by atoms with E-state index < -0.39 is 11.4 Å². The lowest BCUT2D eigenvalue weighted by atomic mass is 10.1. The van der Waals surface area contributed by atoms with Crippen molar-refractivity contribution < 1.29 is 9.90 Å². The van der Waals surface area contributed by atoms with E-state index in [4.69, 9.17) is 0 Å². The molecule has 2 nitrogen and oxygen atoms in total. The van der Waals surface area contributed by atoms with Crippen molar-refractivity contribution in [3.05, 3.63) is 9.47 Å². The van der Waals surface area contributed by atoms with Crippen LogP contribution in [0, 0.1) is 5.41 Å². The van der Waals surface area contributed by atoms with Crippen LogP contribution in [0.1, 0.15) is 12.8 Å². The third kappa shape index (κ3) is 1.61. The van der Waals surface area contributed by atoms with Gasteiger partial charge in [-0.15, -0.1) is 0 Å². The van der Waals surface area contributed by atoms with Crippen LogP contribution in [-0.2, 0) is 4.79 Å². The fourth-order valence-corrected chi connectivity index (χ4v) is 1.63. The topological polar surface area (TPSA) is 40.1 Å². The minimum Gasteiger partial charge on any atom is -0.549 e. The molecule has 1 fully saturated rings. The molecule has 4 heteroatoms. The lowest BCUT2D eigenvalue weighted by molar-refractivity contribution is -0.311. The van der Waals surface area contributed by atoms with E-state index in [1.807, 2.05) is 0 Å². The van der Waals surface area contributed by atoms with E-state index in [0.29, 0.717) is 16.2 Å². The second-order valence-corrected chi connectivity index (χ2v) is 5.15. The second kappa shape index (κ2) is 2.66. The highest BCUT2D eigenvalue weighted by atomic mass is 79.9. The van der Waals surface area contributed by atoms with Gasteiger partial charge in [0.1, 0.15) is 0 Å². The number of carboxylic acid groups (broad SMARTS) is 1. The van der Waals surface area contributed by atoms with Gasteiger partial charge in [-0.2, -0.15) is 0 Å². The summed E-state index contributed by atoms with van der Waals surface area (Å²) in [6.07, 6.45) is 3.01. The Balaban J connectivity index is 2.71. The van der Waals surface area contributed by atoms with Crippen molar-refractivity contribution in [1.82, 2.24) is 0 Å². The standard InChI is InChI=1S/C6H6Br2O2/c7-4(8)3-6(1-2-6)5(9)10/h3H,1-2H2,(H,9,10)/p-1. The predicted molar refractivity (Wildman–Crippen MR) is 42.6 cm³/mol. The molecule has 1 aliphatic carbocycles. The van der Waals surface area contributed by atoms with Crippen LogP contribution in [-0.4, -0.2) is 5.97 Å². The van der Waals surface area contributed by atoms with Crippen molar-refractivity contribution in [3.63, 3.8) is 0 Å². The van der Waals surface area contributed by atoms with Crippen molar-refractivity contribution in [3.8, 4) is 0 Å². The Hall–Kier alpha value is 0.170. The minimum atomic E-state index is -0.983. The van der Waals surface area contributed by atoms with Crippen LogP contribution in [0.15, 0.2) is 9.47 Å². The van der Waals surface area contributed by atoms with Gasteiger partial charge in [0.2, 0.25) is 0 Å². The lowest BCUT2D eigenvalue weighted by Gasteiger charge is -2.09. The molecule has 0 aromatic rings. The summed E-state index contributed by atoms with van der Waals surface area (Å²) in [4.78, 5) is 10.4. The summed E-state index contributed by atoms with van der Waals surface area (Å²) in [5, 5.41) is 10.4. The second-order valence-electron chi connectivity index (χ2n) is 2.38. The first-order valence-electron chi connectivity index (χ1n) is 2.82. The zero-order chi connectivity index (χ0) is 7.78. The van der Waals surface area contributed by atoms with Crippen LogP contribution in [0.4, 0.5) is 0 Å². The zero-order valence-corrected chi connectivity index (χ0v) is 8.24. The third-order valence-electron chi connectivity index (χ3n) is 1.58. The highest BCUT2D eigenvalue weighted by Gasteiger charge is 2.42. The number of carboxylic acids is 1. The van der Waals surface area contributed by atoms with Crippen LogP contribution < -0.4 is 5.11 Å². The number of aliphatic carboxylic acids is 1. The third-order valence-corrected chi connectivity index (χ3v) is 2.04. The van der Waals surface area contributed by atoms with Crippen LogP contribution >= 0.6 is 31.9 Å². The van der Waals surface area contributed by atoms with Gasteiger partial charge >= 0.3 is 0 Å². The van der Waals surface area contributed by atoms with E-state index >= 15 is 0 Å². The Bertz CT molecular complexity index is 190. The average Bonchev–Trinajstić information content (AvgIpc) is 2.46. The maximum atomic E-state index is 10.4. The summed E-state index contributed by atoms with van der Waals surface area (Å²) in [5.74, 6) is -0.983. The number of rotatable bonds is 2. The smallest absolute Gasteiger partial charge is 0.0573 e. The molecule has 1 aliphatic rings.